The number of esters is 1. The minimum absolute atomic E-state index is 0.236. The van der Waals surface area contributed by atoms with Crippen molar-refractivity contribution in [3.05, 3.63) is 41.5 Å². The molecule has 2 rings (SSSR count). The van der Waals surface area contributed by atoms with Crippen LogP contribution in [0.4, 0.5) is 0 Å². The van der Waals surface area contributed by atoms with Crippen molar-refractivity contribution in [2.45, 2.75) is 19.4 Å². The Morgan fingerprint density at radius 2 is 2.14 bits per heavy atom. The van der Waals surface area contributed by atoms with Gasteiger partial charge >= 0.3 is 5.97 Å². The molecule has 72 valence electrons. The average molecular weight is 188 g/mol. The van der Waals surface area contributed by atoms with Gasteiger partial charge < -0.3 is 4.74 Å². The lowest BCUT2D eigenvalue weighted by Gasteiger charge is -2.17. The smallest absolute Gasteiger partial charge is 0.339 e. The number of carbonyl (C=O) groups excluding carboxylic acids is 1. The van der Waals surface area contributed by atoms with Crippen molar-refractivity contribution in [3.8, 4) is 0 Å². The summed E-state index contributed by atoms with van der Waals surface area (Å²) >= 11 is 0. The zero-order chi connectivity index (χ0) is 10.3. The van der Waals surface area contributed by atoms with Crippen molar-refractivity contribution in [3.63, 3.8) is 0 Å². The van der Waals surface area contributed by atoms with Crippen LogP contribution < -0.4 is 0 Å². The van der Waals surface area contributed by atoms with Crippen LogP contribution in [-0.4, -0.2) is 5.97 Å². The molecule has 0 radical (unpaired) electrons. The summed E-state index contributed by atoms with van der Waals surface area (Å²) in [5.74, 6) is -0.236. The SMILES string of the molecule is C=Cc1ccc2c(c1)C(C)(C)OC2=O. The van der Waals surface area contributed by atoms with E-state index in [2.05, 4.69) is 6.58 Å². The van der Waals surface area contributed by atoms with Gasteiger partial charge in [0.15, 0.2) is 0 Å². The van der Waals surface area contributed by atoms with Crippen LogP contribution in [0.2, 0.25) is 0 Å². The average Bonchev–Trinajstić information content (AvgIpc) is 2.37. The van der Waals surface area contributed by atoms with E-state index in [1.165, 1.54) is 0 Å². The molecule has 2 heteroatoms. The maximum Gasteiger partial charge on any atom is 0.339 e. The van der Waals surface area contributed by atoms with Crippen molar-refractivity contribution in [2.24, 2.45) is 0 Å². The van der Waals surface area contributed by atoms with E-state index in [-0.39, 0.29) is 5.97 Å². The molecule has 2 nitrogen and oxygen atoms in total. The van der Waals surface area contributed by atoms with Gasteiger partial charge in [-0.2, -0.15) is 0 Å². The Hall–Kier alpha value is -1.57. The van der Waals surface area contributed by atoms with E-state index in [1.54, 1.807) is 12.1 Å². The third kappa shape index (κ3) is 1.15. The summed E-state index contributed by atoms with van der Waals surface area (Å²) in [6.07, 6.45) is 1.76. The third-order valence-corrected chi connectivity index (χ3v) is 2.50. The first-order valence-corrected chi connectivity index (χ1v) is 4.55. The summed E-state index contributed by atoms with van der Waals surface area (Å²) in [6, 6.07) is 5.62. The van der Waals surface area contributed by atoms with Gasteiger partial charge in [0.2, 0.25) is 0 Å². The fourth-order valence-electron chi connectivity index (χ4n) is 1.71. The lowest BCUT2D eigenvalue weighted by molar-refractivity contribution is 0.00954. The molecule has 0 spiro atoms. The molecule has 0 unspecified atom stereocenters. The number of hydrogen-bond donors (Lipinski definition) is 0. The predicted molar refractivity (Wildman–Crippen MR) is 55.0 cm³/mol. The number of hydrogen-bond acceptors (Lipinski definition) is 2. The van der Waals surface area contributed by atoms with E-state index in [4.69, 9.17) is 4.74 Å². The molecule has 0 aliphatic carbocycles. The molecule has 0 fully saturated rings. The largest absolute Gasteiger partial charge is 0.451 e. The van der Waals surface area contributed by atoms with Gasteiger partial charge in [0.1, 0.15) is 5.60 Å². The minimum Gasteiger partial charge on any atom is -0.451 e. The normalized spacial score (nSPS) is 17.4. The van der Waals surface area contributed by atoms with Crippen LogP contribution in [0.1, 0.15) is 35.3 Å². The topological polar surface area (TPSA) is 26.3 Å². The highest BCUT2D eigenvalue weighted by atomic mass is 16.6. The van der Waals surface area contributed by atoms with E-state index >= 15 is 0 Å². The number of cyclic esters (lactones) is 1. The van der Waals surface area contributed by atoms with Crippen LogP contribution in [0.15, 0.2) is 24.8 Å². The molecule has 0 atom stereocenters. The molecule has 0 bridgehead atoms. The summed E-state index contributed by atoms with van der Waals surface area (Å²) in [4.78, 5) is 11.4. The van der Waals surface area contributed by atoms with E-state index in [1.807, 2.05) is 26.0 Å². The highest BCUT2D eigenvalue weighted by Gasteiger charge is 2.37. The Bertz CT molecular complexity index is 416. The number of fused-ring (bicyclic) bond motifs is 1. The molecule has 1 aliphatic heterocycles. The molecule has 0 aromatic heterocycles. The highest BCUT2D eigenvalue weighted by molar-refractivity contribution is 5.95. The monoisotopic (exact) mass is 188 g/mol. The lowest BCUT2D eigenvalue weighted by atomic mass is 9.94. The number of ether oxygens (including phenoxy) is 1. The molecule has 1 heterocycles. The summed E-state index contributed by atoms with van der Waals surface area (Å²) < 4.78 is 5.25. The second-order valence-corrected chi connectivity index (χ2v) is 3.91. The van der Waals surface area contributed by atoms with Crippen molar-refractivity contribution in [2.75, 3.05) is 0 Å². The van der Waals surface area contributed by atoms with Crippen molar-refractivity contribution >= 4 is 12.0 Å². The first-order valence-electron chi connectivity index (χ1n) is 4.55. The van der Waals surface area contributed by atoms with Gasteiger partial charge in [0, 0.05) is 5.56 Å². The summed E-state index contributed by atoms with van der Waals surface area (Å²) in [6.45, 7) is 7.48. The minimum atomic E-state index is -0.508. The van der Waals surface area contributed by atoms with Gasteiger partial charge in [-0.1, -0.05) is 18.7 Å². The van der Waals surface area contributed by atoms with Gasteiger partial charge in [-0.15, -0.1) is 0 Å². The zero-order valence-corrected chi connectivity index (χ0v) is 8.33. The van der Waals surface area contributed by atoms with E-state index < -0.39 is 5.60 Å². The Balaban J connectivity index is 2.64. The molecule has 1 aromatic carbocycles. The molecular weight excluding hydrogens is 176 g/mol. The maximum absolute atomic E-state index is 11.4. The van der Waals surface area contributed by atoms with E-state index in [9.17, 15) is 4.79 Å². The molecule has 0 saturated carbocycles. The van der Waals surface area contributed by atoms with Crippen LogP contribution in [0.25, 0.3) is 6.08 Å². The first kappa shape index (κ1) is 9.00. The Morgan fingerprint density at radius 1 is 1.43 bits per heavy atom. The number of carbonyl (C=O) groups is 1. The first-order chi connectivity index (χ1) is 6.54. The second kappa shape index (κ2) is 2.71. The van der Waals surface area contributed by atoms with Crippen LogP contribution in [0.3, 0.4) is 0 Å². The molecule has 1 aliphatic rings. The van der Waals surface area contributed by atoms with Gasteiger partial charge in [0.25, 0.3) is 0 Å². The molecular formula is C12H12O2. The van der Waals surface area contributed by atoms with Gasteiger partial charge in [-0.3, -0.25) is 0 Å². The van der Waals surface area contributed by atoms with Gasteiger partial charge in [-0.25, -0.2) is 4.79 Å². The van der Waals surface area contributed by atoms with E-state index in [0.717, 1.165) is 11.1 Å². The van der Waals surface area contributed by atoms with Crippen LogP contribution in [0.5, 0.6) is 0 Å². The third-order valence-electron chi connectivity index (χ3n) is 2.50. The molecule has 1 aromatic rings. The van der Waals surface area contributed by atoms with Crippen LogP contribution >= 0.6 is 0 Å². The highest BCUT2D eigenvalue weighted by Crippen LogP contribution is 2.36. The fraction of sp³-hybridized carbons (Fsp3) is 0.250. The zero-order valence-electron chi connectivity index (χ0n) is 8.33. The van der Waals surface area contributed by atoms with Crippen molar-refractivity contribution in [1.29, 1.82) is 0 Å². The predicted octanol–water partition coefficient (Wildman–Crippen LogP) is 2.74. The Morgan fingerprint density at radius 3 is 2.79 bits per heavy atom. The fourth-order valence-corrected chi connectivity index (χ4v) is 1.71. The Labute approximate surface area is 83.2 Å². The molecule has 14 heavy (non-hydrogen) atoms. The Kier molecular flexibility index (Phi) is 1.74. The maximum atomic E-state index is 11.4. The van der Waals surface area contributed by atoms with Gasteiger partial charge in [-0.05, 0) is 31.5 Å². The molecule has 0 amide bonds. The second-order valence-electron chi connectivity index (χ2n) is 3.91. The molecule has 0 saturated heterocycles. The van der Waals surface area contributed by atoms with E-state index in [0.29, 0.717) is 5.56 Å². The molecule has 0 N–H and O–H groups in total. The lowest BCUT2D eigenvalue weighted by Crippen LogP contribution is -2.16. The summed E-state index contributed by atoms with van der Waals surface area (Å²) in [7, 11) is 0. The number of rotatable bonds is 1. The standard InChI is InChI=1S/C12H12O2/c1-4-8-5-6-9-10(7-8)12(2,3)14-11(9)13/h4-7H,1H2,2-3H3. The quantitative estimate of drug-likeness (QED) is 0.633. The van der Waals surface area contributed by atoms with Crippen molar-refractivity contribution < 1.29 is 9.53 Å². The van der Waals surface area contributed by atoms with Crippen LogP contribution in [0, 0.1) is 0 Å². The van der Waals surface area contributed by atoms with Crippen molar-refractivity contribution in [1.82, 2.24) is 0 Å². The van der Waals surface area contributed by atoms with Gasteiger partial charge in [0.05, 0.1) is 5.56 Å². The van der Waals surface area contributed by atoms with Crippen LogP contribution in [-0.2, 0) is 10.3 Å². The summed E-state index contributed by atoms with van der Waals surface area (Å²) in [5, 5.41) is 0. The number of benzene rings is 1. The summed E-state index contributed by atoms with van der Waals surface area (Å²) in [5.41, 5.74) is 2.11.